The fraction of sp³-hybridized carbons (Fsp3) is 0.444. The van der Waals surface area contributed by atoms with Gasteiger partial charge in [-0.15, -0.1) is 0 Å². The highest BCUT2D eigenvalue weighted by Gasteiger charge is 2.23. The van der Waals surface area contributed by atoms with E-state index in [2.05, 4.69) is 6.58 Å². The molecule has 0 aliphatic rings. The smallest absolute Gasteiger partial charge is 0.344 e. The Hall–Kier alpha value is -3.10. The summed E-state index contributed by atoms with van der Waals surface area (Å²) in [5.74, 6) is -0.857. The first-order chi connectivity index (χ1) is 12.7. The van der Waals surface area contributed by atoms with Crippen molar-refractivity contribution in [2.75, 3.05) is 26.8 Å². The van der Waals surface area contributed by atoms with E-state index < -0.39 is 23.6 Å². The number of esters is 1. The highest BCUT2D eigenvalue weighted by atomic mass is 16.6. The Morgan fingerprint density at radius 2 is 2.04 bits per heavy atom. The number of amides is 1. The summed E-state index contributed by atoms with van der Waals surface area (Å²) < 4.78 is 15.3. The van der Waals surface area contributed by atoms with Crippen LogP contribution in [0.4, 0.5) is 5.69 Å². The Kier molecular flexibility index (Phi) is 8.25. The first-order valence-electron chi connectivity index (χ1n) is 8.27. The number of carbonyl (C=O) groups is 2. The van der Waals surface area contributed by atoms with Gasteiger partial charge in [0.25, 0.3) is 5.91 Å². The van der Waals surface area contributed by atoms with Gasteiger partial charge in [-0.2, -0.15) is 0 Å². The van der Waals surface area contributed by atoms with Crippen molar-refractivity contribution >= 4 is 17.6 Å². The van der Waals surface area contributed by atoms with E-state index >= 15 is 0 Å². The van der Waals surface area contributed by atoms with E-state index in [-0.39, 0.29) is 23.1 Å². The Labute approximate surface area is 157 Å². The van der Waals surface area contributed by atoms with Crippen LogP contribution in [-0.4, -0.2) is 54.6 Å². The van der Waals surface area contributed by atoms with Crippen molar-refractivity contribution < 1.29 is 28.7 Å². The second kappa shape index (κ2) is 10.1. The number of hydrogen-bond donors (Lipinski definition) is 0. The summed E-state index contributed by atoms with van der Waals surface area (Å²) in [5.41, 5.74) is 0.600. The summed E-state index contributed by atoms with van der Waals surface area (Å²) in [6.45, 7) is 9.27. The van der Waals surface area contributed by atoms with Crippen LogP contribution in [0.5, 0.6) is 11.5 Å². The molecule has 0 heterocycles. The highest BCUT2D eigenvalue weighted by molar-refractivity contribution is 5.84. The van der Waals surface area contributed by atoms with Crippen LogP contribution in [0.1, 0.15) is 20.8 Å². The van der Waals surface area contributed by atoms with Crippen LogP contribution < -0.4 is 9.47 Å². The van der Waals surface area contributed by atoms with E-state index in [1.807, 2.05) is 6.92 Å². The van der Waals surface area contributed by atoms with Gasteiger partial charge in [-0.3, -0.25) is 14.9 Å². The van der Waals surface area contributed by atoms with E-state index in [9.17, 15) is 19.7 Å². The summed E-state index contributed by atoms with van der Waals surface area (Å²) in [5, 5.41) is 10.9. The molecule has 148 valence electrons. The van der Waals surface area contributed by atoms with Gasteiger partial charge in [0.15, 0.2) is 12.7 Å². The van der Waals surface area contributed by atoms with Crippen LogP contribution >= 0.6 is 0 Å². The topological polar surface area (TPSA) is 108 Å². The van der Waals surface area contributed by atoms with Gasteiger partial charge in [-0.05, 0) is 26.8 Å². The van der Waals surface area contributed by atoms with Crippen LogP contribution in [0.25, 0.3) is 0 Å². The first-order valence-corrected chi connectivity index (χ1v) is 8.27. The van der Waals surface area contributed by atoms with Crippen molar-refractivity contribution in [1.29, 1.82) is 0 Å². The molecule has 9 heteroatoms. The molecule has 1 aromatic carbocycles. The highest BCUT2D eigenvalue weighted by Crippen LogP contribution is 2.30. The molecule has 1 amide bonds. The van der Waals surface area contributed by atoms with E-state index in [0.29, 0.717) is 13.1 Å². The fourth-order valence-electron chi connectivity index (χ4n) is 2.25. The van der Waals surface area contributed by atoms with Gasteiger partial charge in [0, 0.05) is 25.2 Å². The molecule has 0 aliphatic heterocycles. The normalized spacial score (nSPS) is 11.3. The predicted octanol–water partition coefficient (Wildman–Crippen LogP) is 2.34. The second-order valence-corrected chi connectivity index (χ2v) is 5.82. The lowest BCUT2D eigenvalue weighted by molar-refractivity contribution is -0.385. The van der Waals surface area contributed by atoms with Crippen molar-refractivity contribution in [3.63, 3.8) is 0 Å². The van der Waals surface area contributed by atoms with Crippen LogP contribution in [0, 0.1) is 10.1 Å². The zero-order valence-corrected chi connectivity index (χ0v) is 15.9. The summed E-state index contributed by atoms with van der Waals surface area (Å²) in [7, 11) is 1.29. The molecule has 0 bridgehead atoms. The number of likely N-dealkylation sites (N-methyl/N-ethyl adjacent to an activating group) is 1. The zero-order valence-electron chi connectivity index (χ0n) is 15.9. The molecule has 9 nitrogen and oxygen atoms in total. The van der Waals surface area contributed by atoms with Crippen LogP contribution in [-0.2, 0) is 14.3 Å². The molecule has 0 fully saturated rings. The number of rotatable bonds is 10. The quantitative estimate of drug-likeness (QED) is 0.265. The number of carbonyl (C=O) groups excluding carboxylic acids is 2. The van der Waals surface area contributed by atoms with Crippen LogP contribution in [0.2, 0.25) is 0 Å². The molecule has 0 aliphatic carbocycles. The van der Waals surface area contributed by atoms with Crippen LogP contribution in [0.15, 0.2) is 30.4 Å². The van der Waals surface area contributed by atoms with E-state index in [1.165, 1.54) is 37.1 Å². The van der Waals surface area contributed by atoms with Gasteiger partial charge in [-0.25, -0.2) is 4.79 Å². The number of hydrogen-bond acceptors (Lipinski definition) is 7. The Morgan fingerprint density at radius 1 is 1.37 bits per heavy atom. The van der Waals surface area contributed by atoms with Gasteiger partial charge < -0.3 is 19.1 Å². The van der Waals surface area contributed by atoms with E-state index in [0.717, 1.165) is 5.57 Å². The molecule has 0 N–H and O–H groups in total. The minimum atomic E-state index is -0.966. The number of benzene rings is 1. The van der Waals surface area contributed by atoms with Crippen molar-refractivity contribution in [3.05, 3.63) is 40.5 Å². The third kappa shape index (κ3) is 6.61. The van der Waals surface area contributed by atoms with Gasteiger partial charge in [0.05, 0.1) is 12.0 Å². The molecular weight excluding hydrogens is 356 g/mol. The molecule has 1 unspecified atom stereocenters. The molecule has 0 saturated carbocycles. The molecule has 0 aromatic heterocycles. The number of nitrogens with zero attached hydrogens (tertiary/aromatic N) is 2. The lowest BCUT2D eigenvalue weighted by Crippen LogP contribution is -2.41. The summed E-state index contributed by atoms with van der Waals surface area (Å²) in [4.78, 5) is 36.0. The molecule has 1 rings (SSSR count). The largest absolute Gasteiger partial charge is 0.490 e. The zero-order chi connectivity index (χ0) is 20.6. The summed E-state index contributed by atoms with van der Waals surface area (Å²) >= 11 is 0. The fourth-order valence-corrected chi connectivity index (χ4v) is 2.25. The lowest BCUT2D eigenvalue weighted by atomic mass is 10.2. The maximum absolute atomic E-state index is 12.3. The standard InChI is InChI=1S/C18H24N2O7/c1-6-19(10-12(2)3)18(22)13(4)27-17(21)11-26-14-7-8-15(20(23)24)16(9-14)25-5/h7-9,13H,2,6,10-11H2,1,3-5H3. The van der Waals surface area contributed by atoms with Gasteiger partial charge in [0.1, 0.15) is 5.75 Å². The Balaban J connectivity index is 2.63. The average molecular weight is 380 g/mol. The number of nitro benzene ring substituents is 1. The maximum atomic E-state index is 12.3. The Bertz CT molecular complexity index is 718. The molecule has 0 radical (unpaired) electrons. The molecule has 27 heavy (non-hydrogen) atoms. The summed E-state index contributed by atoms with van der Waals surface area (Å²) in [6.07, 6.45) is -0.966. The second-order valence-electron chi connectivity index (χ2n) is 5.82. The molecule has 0 spiro atoms. The molecular formula is C18H24N2O7. The van der Waals surface area contributed by atoms with E-state index in [4.69, 9.17) is 14.2 Å². The number of ether oxygens (including phenoxy) is 3. The minimum absolute atomic E-state index is 0.00722. The van der Waals surface area contributed by atoms with Gasteiger partial charge in [0.2, 0.25) is 5.75 Å². The summed E-state index contributed by atoms with van der Waals surface area (Å²) in [6, 6.07) is 3.85. The monoisotopic (exact) mass is 380 g/mol. The van der Waals surface area contributed by atoms with Gasteiger partial charge >= 0.3 is 11.7 Å². The van der Waals surface area contributed by atoms with Crippen molar-refractivity contribution in [2.24, 2.45) is 0 Å². The lowest BCUT2D eigenvalue weighted by Gasteiger charge is -2.24. The third-order valence-corrected chi connectivity index (χ3v) is 3.51. The molecule has 1 aromatic rings. The van der Waals surface area contributed by atoms with Crippen molar-refractivity contribution in [1.82, 2.24) is 4.90 Å². The molecule has 0 saturated heterocycles. The Morgan fingerprint density at radius 3 is 2.56 bits per heavy atom. The predicted molar refractivity (Wildman–Crippen MR) is 97.8 cm³/mol. The van der Waals surface area contributed by atoms with E-state index in [1.54, 1.807) is 6.92 Å². The van der Waals surface area contributed by atoms with Crippen LogP contribution in [0.3, 0.4) is 0 Å². The van der Waals surface area contributed by atoms with Crippen molar-refractivity contribution in [3.8, 4) is 11.5 Å². The van der Waals surface area contributed by atoms with Gasteiger partial charge in [-0.1, -0.05) is 12.2 Å². The minimum Gasteiger partial charge on any atom is -0.490 e. The number of nitro groups is 1. The maximum Gasteiger partial charge on any atom is 0.344 e. The van der Waals surface area contributed by atoms with Crippen molar-refractivity contribution in [2.45, 2.75) is 26.9 Å². The first kappa shape index (κ1) is 21.9. The average Bonchev–Trinajstić information content (AvgIpc) is 2.63. The number of methoxy groups -OCH3 is 1. The molecule has 1 atom stereocenters. The SMILES string of the molecule is C=C(C)CN(CC)C(=O)C(C)OC(=O)COc1ccc([N+](=O)[O-])c(OC)c1. The third-order valence-electron chi connectivity index (χ3n) is 3.51.